The minimum Gasteiger partial charge on any atom is -0.425 e. The van der Waals surface area contributed by atoms with Gasteiger partial charge in [-0.25, -0.2) is 0 Å². The van der Waals surface area contributed by atoms with E-state index >= 15 is 0 Å². The van der Waals surface area contributed by atoms with Crippen LogP contribution in [0.4, 0.5) is 0 Å². The van der Waals surface area contributed by atoms with Crippen molar-refractivity contribution in [3.8, 4) is 11.8 Å². The lowest BCUT2D eigenvalue weighted by Crippen LogP contribution is -2.25. The van der Waals surface area contributed by atoms with Crippen LogP contribution >= 0.6 is 0 Å². The molecule has 0 aromatic heterocycles. The quantitative estimate of drug-likeness (QED) is 0.252. The van der Waals surface area contributed by atoms with E-state index in [-0.39, 0.29) is 11.9 Å². The van der Waals surface area contributed by atoms with Gasteiger partial charge in [-0.05, 0) is 85.6 Å². The Morgan fingerprint density at radius 3 is 2.32 bits per heavy atom. The Hall–Kier alpha value is -2.60. The zero-order chi connectivity index (χ0) is 24.3. The lowest BCUT2D eigenvalue weighted by atomic mass is 9.78. The summed E-state index contributed by atoms with van der Waals surface area (Å²) in [7, 11) is 0. The molecule has 1 aliphatic carbocycles. The molecule has 1 fully saturated rings. The molecular weight excluding hydrogens is 418 g/mol. The molecule has 0 aliphatic heterocycles. The Labute approximate surface area is 206 Å². The van der Waals surface area contributed by atoms with Gasteiger partial charge in [0.25, 0.3) is 0 Å². The summed E-state index contributed by atoms with van der Waals surface area (Å²) in [4.78, 5) is 12.9. The molecule has 2 aromatic rings. The second-order valence-electron chi connectivity index (χ2n) is 10.2. The molecule has 0 spiro atoms. The topological polar surface area (TPSA) is 50.1 Å². The minimum absolute atomic E-state index is 0.0830. The SMILES string of the molecule is CCCCc1ccc(C2CCC(C(=O)Oc3ccc(CC(C)CCCC)cc3C#N)CC2)cc1. The van der Waals surface area contributed by atoms with Crippen molar-refractivity contribution in [2.75, 3.05) is 0 Å². The molecule has 1 unspecified atom stereocenters. The first kappa shape index (κ1) is 26.0. The highest BCUT2D eigenvalue weighted by Gasteiger charge is 2.29. The van der Waals surface area contributed by atoms with Crippen LogP contribution in [0.5, 0.6) is 5.75 Å². The molecule has 3 rings (SSSR count). The normalized spacial score (nSPS) is 18.8. The minimum atomic E-state index is -0.186. The molecule has 3 nitrogen and oxygen atoms in total. The number of carbonyl (C=O) groups excluding carboxylic acids is 1. The summed E-state index contributed by atoms with van der Waals surface area (Å²) in [6.45, 7) is 6.69. The zero-order valence-corrected chi connectivity index (χ0v) is 21.3. The second-order valence-corrected chi connectivity index (χ2v) is 10.2. The third-order valence-corrected chi connectivity index (χ3v) is 7.34. The Balaban J connectivity index is 1.53. The van der Waals surface area contributed by atoms with Crippen molar-refractivity contribution >= 4 is 5.97 Å². The van der Waals surface area contributed by atoms with Crippen molar-refractivity contribution in [2.45, 2.75) is 97.3 Å². The molecule has 0 N–H and O–H groups in total. The number of nitrogens with zero attached hydrogens (tertiary/aromatic N) is 1. The number of carbonyl (C=O) groups is 1. The molecule has 2 aromatic carbocycles. The fraction of sp³-hybridized carbons (Fsp3) is 0.548. The number of hydrogen-bond donors (Lipinski definition) is 0. The molecule has 3 heteroatoms. The average Bonchev–Trinajstić information content (AvgIpc) is 2.87. The first-order valence-corrected chi connectivity index (χ1v) is 13.4. The van der Waals surface area contributed by atoms with E-state index in [9.17, 15) is 10.1 Å². The highest BCUT2D eigenvalue weighted by atomic mass is 16.5. The average molecular weight is 460 g/mol. The lowest BCUT2D eigenvalue weighted by molar-refractivity contribution is -0.140. The molecule has 1 saturated carbocycles. The molecule has 34 heavy (non-hydrogen) atoms. The van der Waals surface area contributed by atoms with Crippen LogP contribution in [-0.2, 0) is 17.6 Å². The smallest absolute Gasteiger partial charge is 0.314 e. The number of ether oxygens (including phenoxy) is 1. The summed E-state index contributed by atoms with van der Waals surface area (Å²) >= 11 is 0. The summed E-state index contributed by atoms with van der Waals surface area (Å²) in [6, 6.07) is 17.0. The Kier molecular flexibility index (Phi) is 10.2. The van der Waals surface area contributed by atoms with Gasteiger partial charge in [0, 0.05) is 0 Å². The van der Waals surface area contributed by atoms with E-state index in [2.05, 4.69) is 51.1 Å². The van der Waals surface area contributed by atoms with Gasteiger partial charge in [0.2, 0.25) is 0 Å². The highest BCUT2D eigenvalue weighted by molar-refractivity contribution is 5.76. The van der Waals surface area contributed by atoms with Gasteiger partial charge < -0.3 is 4.74 Å². The fourth-order valence-corrected chi connectivity index (χ4v) is 5.13. The van der Waals surface area contributed by atoms with Gasteiger partial charge in [-0.2, -0.15) is 5.26 Å². The van der Waals surface area contributed by atoms with Crippen molar-refractivity contribution < 1.29 is 9.53 Å². The first-order chi connectivity index (χ1) is 16.5. The molecular formula is C31H41NO2. The second kappa shape index (κ2) is 13.3. The van der Waals surface area contributed by atoms with Crippen LogP contribution in [0.3, 0.4) is 0 Å². The summed E-state index contributed by atoms with van der Waals surface area (Å²) in [5.74, 6) is 1.24. The number of nitriles is 1. The highest BCUT2D eigenvalue weighted by Crippen LogP contribution is 2.37. The first-order valence-electron chi connectivity index (χ1n) is 13.4. The number of benzene rings is 2. The predicted molar refractivity (Wildman–Crippen MR) is 139 cm³/mol. The molecule has 0 saturated heterocycles. The van der Waals surface area contributed by atoms with Crippen LogP contribution in [0, 0.1) is 23.2 Å². The van der Waals surface area contributed by atoms with Crippen molar-refractivity contribution in [2.24, 2.45) is 11.8 Å². The van der Waals surface area contributed by atoms with Crippen molar-refractivity contribution in [1.29, 1.82) is 5.26 Å². The van der Waals surface area contributed by atoms with Crippen LogP contribution in [0.1, 0.15) is 107 Å². The number of rotatable bonds is 11. The maximum Gasteiger partial charge on any atom is 0.314 e. The van der Waals surface area contributed by atoms with Crippen molar-refractivity contribution in [3.63, 3.8) is 0 Å². The molecule has 1 aliphatic rings. The Morgan fingerprint density at radius 2 is 1.68 bits per heavy atom. The van der Waals surface area contributed by atoms with Crippen molar-refractivity contribution in [3.05, 3.63) is 64.7 Å². The largest absolute Gasteiger partial charge is 0.425 e. The Bertz CT molecular complexity index is 948. The van der Waals surface area contributed by atoms with Crippen LogP contribution < -0.4 is 4.74 Å². The number of esters is 1. The van der Waals surface area contributed by atoms with Crippen LogP contribution in [0.25, 0.3) is 0 Å². The van der Waals surface area contributed by atoms with Gasteiger partial charge in [-0.1, -0.05) is 76.8 Å². The van der Waals surface area contributed by atoms with Gasteiger partial charge in [0.15, 0.2) is 0 Å². The number of aryl methyl sites for hydroxylation is 1. The number of unbranched alkanes of at least 4 members (excludes halogenated alkanes) is 2. The van der Waals surface area contributed by atoms with Gasteiger partial charge in [-0.15, -0.1) is 0 Å². The van der Waals surface area contributed by atoms with E-state index in [1.165, 1.54) is 43.2 Å². The fourth-order valence-electron chi connectivity index (χ4n) is 5.13. The van der Waals surface area contributed by atoms with Crippen LogP contribution in [-0.4, -0.2) is 5.97 Å². The third kappa shape index (κ3) is 7.45. The monoisotopic (exact) mass is 459 g/mol. The van der Waals surface area contributed by atoms with Crippen LogP contribution in [0.15, 0.2) is 42.5 Å². The van der Waals surface area contributed by atoms with E-state index in [1.54, 1.807) is 0 Å². The van der Waals surface area contributed by atoms with E-state index in [0.717, 1.165) is 44.1 Å². The Morgan fingerprint density at radius 1 is 1.00 bits per heavy atom. The summed E-state index contributed by atoms with van der Waals surface area (Å²) in [5.41, 5.74) is 4.41. The zero-order valence-electron chi connectivity index (χ0n) is 21.3. The summed E-state index contributed by atoms with van der Waals surface area (Å²) in [6.07, 6.45) is 11.9. The summed E-state index contributed by atoms with van der Waals surface area (Å²) in [5, 5.41) is 9.63. The van der Waals surface area contributed by atoms with E-state index in [1.807, 2.05) is 18.2 Å². The van der Waals surface area contributed by atoms with E-state index < -0.39 is 0 Å². The third-order valence-electron chi connectivity index (χ3n) is 7.34. The standard InChI is InChI=1S/C31H41NO2/c1-4-6-8-23(3)20-25-12-19-30(29(21-25)22-32)34-31(33)28-17-15-27(16-18-28)26-13-10-24(11-14-26)9-7-5-2/h10-14,19,21,23,27-28H,4-9,15-18,20H2,1-3H3. The lowest BCUT2D eigenvalue weighted by Gasteiger charge is -2.27. The summed E-state index contributed by atoms with van der Waals surface area (Å²) < 4.78 is 5.73. The molecule has 0 amide bonds. The van der Waals surface area contributed by atoms with E-state index in [0.29, 0.717) is 23.1 Å². The van der Waals surface area contributed by atoms with Gasteiger partial charge >= 0.3 is 5.97 Å². The molecule has 182 valence electrons. The number of hydrogen-bond acceptors (Lipinski definition) is 3. The van der Waals surface area contributed by atoms with Crippen LogP contribution in [0.2, 0.25) is 0 Å². The molecule has 0 heterocycles. The maximum atomic E-state index is 12.9. The van der Waals surface area contributed by atoms with Gasteiger partial charge in [-0.3, -0.25) is 4.79 Å². The molecule has 0 radical (unpaired) electrons. The molecule has 1 atom stereocenters. The van der Waals surface area contributed by atoms with Gasteiger partial charge in [0.05, 0.1) is 11.5 Å². The van der Waals surface area contributed by atoms with Crippen molar-refractivity contribution in [1.82, 2.24) is 0 Å². The predicted octanol–water partition coefficient (Wildman–Crippen LogP) is 8.15. The van der Waals surface area contributed by atoms with E-state index in [4.69, 9.17) is 4.74 Å². The maximum absolute atomic E-state index is 12.9. The van der Waals surface area contributed by atoms with Gasteiger partial charge in [0.1, 0.15) is 11.8 Å². The molecule has 0 bridgehead atoms.